The van der Waals surface area contributed by atoms with Gasteiger partial charge >= 0.3 is 0 Å². The summed E-state index contributed by atoms with van der Waals surface area (Å²) in [7, 11) is 0. The van der Waals surface area contributed by atoms with Gasteiger partial charge in [0.15, 0.2) is 0 Å². The Morgan fingerprint density at radius 2 is 2.05 bits per heavy atom. The molecule has 0 spiro atoms. The highest BCUT2D eigenvalue weighted by Gasteiger charge is 2.00. The van der Waals surface area contributed by atoms with Crippen LogP contribution in [-0.2, 0) is 17.9 Å². The van der Waals surface area contributed by atoms with Gasteiger partial charge in [0.05, 0.1) is 0 Å². The van der Waals surface area contributed by atoms with E-state index >= 15 is 0 Å². The van der Waals surface area contributed by atoms with Crippen molar-refractivity contribution in [2.45, 2.75) is 39.3 Å². The van der Waals surface area contributed by atoms with E-state index in [0.717, 1.165) is 31.5 Å². The van der Waals surface area contributed by atoms with Gasteiger partial charge in [-0.2, -0.15) is 0 Å². The van der Waals surface area contributed by atoms with E-state index in [1.54, 1.807) is 0 Å². The van der Waals surface area contributed by atoms with Crippen LogP contribution in [0.2, 0.25) is 0 Å². The number of nitrogens with one attached hydrogen (secondary N) is 2. The molecule has 0 saturated heterocycles. The van der Waals surface area contributed by atoms with Gasteiger partial charge in [0.25, 0.3) is 0 Å². The fourth-order valence-corrected chi connectivity index (χ4v) is 1.79. The Balaban J connectivity index is 2.14. The monoisotopic (exact) mass is 263 g/mol. The molecule has 1 aromatic rings. The molecule has 4 heteroatoms. The van der Waals surface area contributed by atoms with Crippen molar-refractivity contribution in [3.05, 3.63) is 35.4 Å². The second kappa shape index (κ2) is 9.53. The minimum Gasteiger partial charge on any atom is -0.356 e. The van der Waals surface area contributed by atoms with Gasteiger partial charge in [-0.25, -0.2) is 0 Å². The minimum absolute atomic E-state index is 0.122. The van der Waals surface area contributed by atoms with Crippen LogP contribution in [0.5, 0.6) is 0 Å². The molecule has 1 aromatic carbocycles. The first-order valence-electron chi connectivity index (χ1n) is 7.01. The molecule has 0 aliphatic heterocycles. The Morgan fingerprint density at radius 1 is 1.26 bits per heavy atom. The molecule has 0 aromatic heterocycles. The highest BCUT2D eigenvalue weighted by Crippen LogP contribution is 2.04. The van der Waals surface area contributed by atoms with Crippen LogP contribution in [0.1, 0.15) is 37.3 Å². The Bertz CT molecular complexity index is 379. The Kier molecular flexibility index (Phi) is 7.86. The summed E-state index contributed by atoms with van der Waals surface area (Å²) in [6, 6.07) is 8.18. The number of carbonyl (C=O) groups excluding carboxylic acids is 1. The maximum absolute atomic E-state index is 11.5. The number of hydrogen-bond acceptors (Lipinski definition) is 3. The highest BCUT2D eigenvalue weighted by atomic mass is 16.1. The van der Waals surface area contributed by atoms with Gasteiger partial charge < -0.3 is 16.4 Å². The summed E-state index contributed by atoms with van der Waals surface area (Å²) in [6.07, 6.45) is 2.68. The second-order valence-corrected chi connectivity index (χ2v) is 4.65. The van der Waals surface area contributed by atoms with Crippen molar-refractivity contribution < 1.29 is 4.79 Å². The molecule has 0 aliphatic carbocycles. The van der Waals surface area contributed by atoms with Crippen LogP contribution in [0.4, 0.5) is 0 Å². The molecule has 0 unspecified atom stereocenters. The molecule has 1 rings (SSSR count). The minimum atomic E-state index is 0.122. The maximum Gasteiger partial charge on any atom is 0.221 e. The predicted octanol–water partition coefficient (Wildman–Crippen LogP) is 1.54. The van der Waals surface area contributed by atoms with Crippen LogP contribution in [0.15, 0.2) is 24.3 Å². The van der Waals surface area contributed by atoms with E-state index in [4.69, 9.17) is 5.73 Å². The van der Waals surface area contributed by atoms with Gasteiger partial charge in [-0.05, 0) is 17.5 Å². The molecular weight excluding hydrogens is 238 g/mol. The zero-order chi connectivity index (χ0) is 13.9. The molecule has 19 heavy (non-hydrogen) atoms. The van der Waals surface area contributed by atoms with E-state index in [1.807, 2.05) is 12.1 Å². The van der Waals surface area contributed by atoms with Gasteiger partial charge in [0.1, 0.15) is 0 Å². The average molecular weight is 263 g/mol. The number of rotatable bonds is 9. The SMILES string of the molecule is CCCCNC(=O)CCNCc1cccc(CN)c1. The normalized spacial score (nSPS) is 10.4. The third-order valence-electron chi connectivity index (χ3n) is 2.94. The first-order chi connectivity index (χ1) is 9.26. The van der Waals surface area contributed by atoms with Crippen molar-refractivity contribution in [3.63, 3.8) is 0 Å². The van der Waals surface area contributed by atoms with Gasteiger partial charge in [-0.3, -0.25) is 4.79 Å². The molecule has 4 N–H and O–H groups in total. The maximum atomic E-state index is 11.5. The lowest BCUT2D eigenvalue weighted by Crippen LogP contribution is -2.28. The second-order valence-electron chi connectivity index (χ2n) is 4.65. The van der Waals surface area contributed by atoms with Crippen molar-refractivity contribution in [1.29, 1.82) is 0 Å². The smallest absolute Gasteiger partial charge is 0.221 e. The van der Waals surface area contributed by atoms with Gasteiger partial charge in [0.2, 0.25) is 5.91 Å². The first-order valence-corrected chi connectivity index (χ1v) is 7.01. The molecule has 0 radical (unpaired) electrons. The van der Waals surface area contributed by atoms with E-state index in [-0.39, 0.29) is 5.91 Å². The van der Waals surface area contributed by atoms with E-state index in [2.05, 4.69) is 29.7 Å². The van der Waals surface area contributed by atoms with Crippen LogP contribution >= 0.6 is 0 Å². The summed E-state index contributed by atoms with van der Waals surface area (Å²) in [5.74, 6) is 0.122. The van der Waals surface area contributed by atoms with Crippen LogP contribution < -0.4 is 16.4 Å². The number of amides is 1. The van der Waals surface area contributed by atoms with Gasteiger partial charge in [-0.15, -0.1) is 0 Å². The topological polar surface area (TPSA) is 67.2 Å². The predicted molar refractivity (Wildman–Crippen MR) is 78.6 cm³/mol. The van der Waals surface area contributed by atoms with Gasteiger partial charge in [-0.1, -0.05) is 37.6 Å². The fraction of sp³-hybridized carbons (Fsp3) is 0.533. The molecule has 0 bridgehead atoms. The van der Waals surface area contributed by atoms with Gasteiger partial charge in [0, 0.05) is 32.6 Å². The van der Waals surface area contributed by atoms with Crippen molar-refractivity contribution >= 4 is 5.91 Å². The molecule has 0 fully saturated rings. The standard InChI is InChI=1S/C15H25N3O/c1-2-3-8-18-15(19)7-9-17-12-14-6-4-5-13(10-14)11-16/h4-6,10,17H,2-3,7-9,11-12,16H2,1H3,(H,18,19). The lowest BCUT2D eigenvalue weighted by Gasteiger charge is -2.07. The summed E-state index contributed by atoms with van der Waals surface area (Å²) < 4.78 is 0. The zero-order valence-electron chi connectivity index (χ0n) is 11.7. The summed E-state index contributed by atoms with van der Waals surface area (Å²) >= 11 is 0. The van der Waals surface area contributed by atoms with E-state index in [1.165, 1.54) is 5.56 Å². The van der Waals surface area contributed by atoms with Crippen molar-refractivity contribution in [2.75, 3.05) is 13.1 Å². The molecule has 0 heterocycles. The summed E-state index contributed by atoms with van der Waals surface area (Å²) in [5, 5.41) is 6.18. The molecular formula is C15H25N3O. The number of benzene rings is 1. The summed E-state index contributed by atoms with van der Waals surface area (Å²) in [6.45, 7) is 4.94. The van der Waals surface area contributed by atoms with E-state index in [0.29, 0.717) is 19.5 Å². The zero-order valence-corrected chi connectivity index (χ0v) is 11.7. The number of hydrogen-bond donors (Lipinski definition) is 3. The highest BCUT2D eigenvalue weighted by molar-refractivity contribution is 5.75. The number of unbranched alkanes of at least 4 members (excludes halogenated alkanes) is 1. The van der Waals surface area contributed by atoms with Crippen molar-refractivity contribution in [3.8, 4) is 0 Å². The number of carbonyl (C=O) groups is 1. The molecule has 1 amide bonds. The largest absolute Gasteiger partial charge is 0.356 e. The van der Waals surface area contributed by atoms with Crippen LogP contribution in [0.3, 0.4) is 0 Å². The third-order valence-corrected chi connectivity index (χ3v) is 2.94. The molecule has 0 saturated carbocycles. The van der Waals surface area contributed by atoms with E-state index < -0.39 is 0 Å². The molecule has 4 nitrogen and oxygen atoms in total. The average Bonchev–Trinajstić information content (AvgIpc) is 2.44. The van der Waals surface area contributed by atoms with Crippen LogP contribution in [0.25, 0.3) is 0 Å². The molecule has 0 aliphatic rings. The first kappa shape index (κ1) is 15.7. The summed E-state index contributed by atoms with van der Waals surface area (Å²) in [5.41, 5.74) is 7.94. The fourth-order valence-electron chi connectivity index (χ4n) is 1.79. The Morgan fingerprint density at radius 3 is 2.79 bits per heavy atom. The van der Waals surface area contributed by atoms with Crippen molar-refractivity contribution in [1.82, 2.24) is 10.6 Å². The third kappa shape index (κ3) is 6.94. The molecule has 0 atom stereocenters. The Hall–Kier alpha value is -1.39. The van der Waals surface area contributed by atoms with E-state index in [9.17, 15) is 4.79 Å². The van der Waals surface area contributed by atoms with Crippen LogP contribution in [0, 0.1) is 0 Å². The summed E-state index contributed by atoms with van der Waals surface area (Å²) in [4.78, 5) is 11.5. The van der Waals surface area contributed by atoms with Crippen LogP contribution in [-0.4, -0.2) is 19.0 Å². The lowest BCUT2D eigenvalue weighted by atomic mass is 10.1. The lowest BCUT2D eigenvalue weighted by molar-refractivity contribution is -0.121. The van der Waals surface area contributed by atoms with Crippen molar-refractivity contribution in [2.24, 2.45) is 5.73 Å². The number of nitrogens with two attached hydrogens (primary N) is 1. The quantitative estimate of drug-likeness (QED) is 0.592. The molecule has 106 valence electrons. The Labute approximate surface area is 115 Å².